The molecule has 38 heavy (non-hydrogen) atoms. The van der Waals surface area contributed by atoms with Crippen molar-refractivity contribution < 1.29 is 32.6 Å². The van der Waals surface area contributed by atoms with Crippen molar-refractivity contribution in [1.82, 2.24) is 9.82 Å². The first-order valence-corrected chi connectivity index (χ1v) is 13.6. The zero-order valence-corrected chi connectivity index (χ0v) is 22.2. The summed E-state index contributed by atoms with van der Waals surface area (Å²) in [5.74, 6) is -2.56. The molecular weight excluding hydrogens is 559 g/mol. The zero-order valence-electron chi connectivity index (χ0n) is 19.8. The number of carboxylic acid groups (broad SMARTS) is 1. The van der Waals surface area contributed by atoms with Gasteiger partial charge in [0.1, 0.15) is 11.6 Å². The topological polar surface area (TPSA) is 164 Å². The third kappa shape index (κ3) is 7.65. The fourth-order valence-corrected chi connectivity index (χ4v) is 4.04. The van der Waals surface area contributed by atoms with Gasteiger partial charge in [0.2, 0.25) is 0 Å². The summed E-state index contributed by atoms with van der Waals surface area (Å²) in [6.45, 7) is 0.515. The summed E-state index contributed by atoms with van der Waals surface area (Å²) in [5, 5.41) is 14.9. The molecule has 0 fully saturated rings. The third-order valence-corrected chi connectivity index (χ3v) is 6.55. The van der Waals surface area contributed by atoms with Gasteiger partial charge in [-0.3, -0.25) is 9.59 Å². The quantitative estimate of drug-likeness (QED) is 0.195. The highest BCUT2D eigenvalue weighted by Crippen LogP contribution is 2.27. The summed E-state index contributed by atoms with van der Waals surface area (Å²) in [6, 6.07) is 10.3. The number of nitrogens with one attached hydrogen (secondary N) is 3. The molecule has 1 heterocycles. The Labute approximate surface area is 228 Å². The van der Waals surface area contributed by atoms with Crippen LogP contribution in [0.2, 0.25) is 5.02 Å². The molecule has 11 nitrogen and oxygen atoms in total. The monoisotopic (exact) mass is 580 g/mol. The number of carboxylic acids is 1. The lowest BCUT2D eigenvalue weighted by Gasteiger charge is -2.15. The van der Waals surface area contributed by atoms with Gasteiger partial charge in [-0.2, -0.15) is 0 Å². The van der Waals surface area contributed by atoms with Crippen LogP contribution in [0.1, 0.15) is 37.5 Å². The van der Waals surface area contributed by atoms with Gasteiger partial charge in [0.15, 0.2) is 9.84 Å². The summed E-state index contributed by atoms with van der Waals surface area (Å²) in [5.41, 5.74) is -0.379. The lowest BCUT2D eigenvalue weighted by atomic mass is 10.1. The Bertz CT molecular complexity index is 1470. The maximum atomic E-state index is 13.3. The van der Waals surface area contributed by atoms with Crippen molar-refractivity contribution in [3.63, 3.8) is 0 Å². The first-order valence-electron chi connectivity index (χ1n) is 10.9. The number of aromatic nitrogens is 1. The van der Waals surface area contributed by atoms with Gasteiger partial charge < -0.3 is 20.5 Å². The number of anilines is 2. The second-order valence-electron chi connectivity index (χ2n) is 7.85. The zero-order chi connectivity index (χ0) is 27.9. The lowest BCUT2D eigenvalue weighted by molar-refractivity contribution is 0.0696. The summed E-state index contributed by atoms with van der Waals surface area (Å²) in [7, 11) is -3.61. The van der Waals surface area contributed by atoms with Crippen molar-refractivity contribution in [2.24, 2.45) is 0 Å². The molecule has 0 atom stereocenters. The maximum absolute atomic E-state index is 13.3. The van der Waals surface area contributed by atoms with Gasteiger partial charge in [-0.05, 0) is 66.7 Å². The van der Waals surface area contributed by atoms with E-state index in [0.717, 1.165) is 12.3 Å². The predicted octanol–water partition coefficient (Wildman–Crippen LogP) is 3.85. The summed E-state index contributed by atoms with van der Waals surface area (Å²) >= 11 is 11.3. The molecule has 0 saturated heterocycles. The van der Waals surface area contributed by atoms with Crippen molar-refractivity contribution in [2.45, 2.75) is 11.3 Å². The van der Waals surface area contributed by atoms with Crippen molar-refractivity contribution in [3.8, 4) is 5.75 Å². The molecule has 0 aliphatic carbocycles. The van der Waals surface area contributed by atoms with Gasteiger partial charge in [-0.15, -0.1) is 0 Å². The van der Waals surface area contributed by atoms with E-state index in [1.165, 1.54) is 48.7 Å². The molecule has 0 bridgehead atoms. The van der Waals surface area contributed by atoms with Crippen molar-refractivity contribution in [2.75, 3.05) is 30.0 Å². The summed E-state index contributed by atoms with van der Waals surface area (Å²) < 4.78 is 29.7. The average molecular weight is 581 g/mol. The van der Waals surface area contributed by atoms with E-state index in [2.05, 4.69) is 20.5 Å². The number of benzene rings is 2. The molecule has 0 unspecified atom stereocenters. The number of nitrogens with zero attached hydrogens (tertiary/aromatic N) is 1. The van der Waals surface area contributed by atoms with E-state index in [9.17, 15) is 27.9 Å². The molecule has 0 aliphatic heterocycles. The minimum atomic E-state index is -3.61. The Kier molecular flexibility index (Phi) is 9.64. The number of carbonyl (C=O) groups excluding carboxylic acids is 2. The van der Waals surface area contributed by atoms with Crippen LogP contribution in [0.5, 0.6) is 5.75 Å². The standard InChI is InChI=1S/C24H22Cl2N4O7S/c1-38(35,36)16-5-7-18(20(12-16)37-10-2-9-28-26)23(32)29-19-11-14(24(33)34)3-6-17(19)22(31)30-21-8-4-15(25)13-27-21/h3-8,11-13,28H,2,9-10H2,1H3,(H,29,32)(H,33,34)(H,27,30,31). The first kappa shape index (κ1) is 28.9. The summed E-state index contributed by atoms with van der Waals surface area (Å²) in [6.07, 6.45) is 2.80. The second kappa shape index (κ2) is 12.7. The van der Waals surface area contributed by atoms with Crippen molar-refractivity contribution in [3.05, 3.63) is 76.4 Å². The highest BCUT2D eigenvalue weighted by atomic mass is 35.5. The van der Waals surface area contributed by atoms with Gasteiger partial charge in [-0.1, -0.05) is 11.6 Å². The van der Waals surface area contributed by atoms with Crippen LogP contribution >= 0.6 is 23.4 Å². The molecule has 0 aliphatic rings. The van der Waals surface area contributed by atoms with E-state index in [4.69, 9.17) is 28.1 Å². The Morgan fingerprint density at radius 1 is 1.00 bits per heavy atom. The second-order valence-corrected chi connectivity index (χ2v) is 10.6. The molecule has 2 amide bonds. The van der Waals surface area contributed by atoms with Crippen LogP contribution < -0.4 is 20.2 Å². The highest BCUT2D eigenvalue weighted by Gasteiger charge is 2.21. The molecule has 14 heteroatoms. The number of carbonyl (C=O) groups is 3. The maximum Gasteiger partial charge on any atom is 0.335 e. The van der Waals surface area contributed by atoms with E-state index < -0.39 is 27.6 Å². The number of hydrogen-bond acceptors (Lipinski definition) is 8. The molecule has 1 aromatic heterocycles. The van der Waals surface area contributed by atoms with Crippen LogP contribution in [0.4, 0.5) is 11.5 Å². The smallest absolute Gasteiger partial charge is 0.335 e. The minimum absolute atomic E-state index is 0.0225. The molecular formula is C24H22Cl2N4O7S. The van der Waals surface area contributed by atoms with Crippen LogP contribution in [0.25, 0.3) is 0 Å². The fraction of sp³-hybridized carbons (Fsp3) is 0.167. The number of amides is 2. The van der Waals surface area contributed by atoms with E-state index in [-0.39, 0.29) is 45.4 Å². The number of ether oxygens (including phenoxy) is 1. The molecule has 200 valence electrons. The van der Waals surface area contributed by atoms with Crippen molar-refractivity contribution >= 4 is 62.5 Å². The van der Waals surface area contributed by atoms with Crippen LogP contribution in [0, 0.1) is 0 Å². The third-order valence-electron chi connectivity index (χ3n) is 5.03. The highest BCUT2D eigenvalue weighted by molar-refractivity contribution is 7.90. The number of pyridine rings is 1. The Morgan fingerprint density at radius 3 is 2.34 bits per heavy atom. The Balaban J connectivity index is 1.95. The van der Waals surface area contributed by atoms with Crippen LogP contribution in [-0.4, -0.2) is 55.7 Å². The van der Waals surface area contributed by atoms with Gasteiger partial charge in [0.25, 0.3) is 11.8 Å². The molecule has 2 aromatic carbocycles. The largest absolute Gasteiger partial charge is 0.493 e. The normalized spacial score (nSPS) is 11.0. The number of sulfone groups is 1. The van der Waals surface area contributed by atoms with Crippen molar-refractivity contribution in [1.29, 1.82) is 0 Å². The molecule has 0 spiro atoms. The van der Waals surface area contributed by atoms with Crippen LogP contribution in [0.15, 0.2) is 59.6 Å². The fourth-order valence-electron chi connectivity index (χ4n) is 3.16. The predicted molar refractivity (Wildman–Crippen MR) is 142 cm³/mol. The molecule has 3 aromatic rings. The Morgan fingerprint density at radius 2 is 1.71 bits per heavy atom. The van der Waals surface area contributed by atoms with E-state index in [1.54, 1.807) is 0 Å². The average Bonchev–Trinajstić information content (AvgIpc) is 2.87. The Hall–Kier alpha value is -3.71. The molecule has 3 rings (SSSR count). The van der Waals surface area contributed by atoms with E-state index in [1.807, 2.05) is 0 Å². The molecule has 0 radical (unpaired) electrons. The minimum Gasteiger partial charge on any atom is -0.493 e. The number of aromatic carboxylic acids is 1. The lowest BCUT2D eigenvalue weighted by Crippen LogP contribution is -2.20. The van der Waals surface area contributed by atoms with Gasteiger partial charge in [-0.25, -0.2) is 23.0 Å². The van der Waals surface area contributed by atoms with Crippen LogP contribution in [-0.2, 0) is 9.84 Å². The number of rotatable bonds is 11. The number of halogens is 2. The van der Waals surface area contributed by atoms with Gasteiger partial charge in [0, 0.05) is 19.0 Å². The van der Waals surface area contributed by atoms with Gasteiger partial charge in [0.05, 0.1) is 38.9 Å². The molecule has 4 N–H and O–H groups in total. The first-order chi connectivity index (χ1) is 18.0. The van der Waals surface area contributed by atoms with E-state index >= 15 is 0 Å². The molecule has 0 saturated carbocycles. The van der Waals surface area contributed by atoms with Crippen LogP contribution in [0.3, 0.4) is 0 Å². The van der Waals surface area contributed by atoms with E-state index in [0.29, 0.717) is 18.0 Å². The van der Waals surface area contributed by atoms with Gasteiger partial charge >= 0.3 is 5.97 Å². The number of hydrogen-bond donors (Lipinski definition) is 4. The summed E-state index contributed by atoms with van der Waals surface area (Å²) in [4.78, 5) is 44.1. The SMILES string of the molecule is CS(=O)(=O)c1ccc(C(=O)Nc2cc(C(=O)O)ccc2C(=O)Nc2ccc(Cl)cn2)c(OCCCNCl)c1.